The van der Waals surface area contributed by atoms with Gasteiger partial charge in [0.1, 0.15) is 29.8 Å². The van der Waals surface area contributed by atoms with Crippen molar-refractivity contribution in [3.05, 3.63) is 53.1 Å². The van der Waals surface area contributed by atoms with Crippen LogP contribution in [-0.2, 0) is 4.74 Å². The van der Waals surface area contributed by atoms with Crippen LogP contribution in [0, 0.1) is 10.8 Å². The Hall–Kier alpha value is -3.43. The molecule has 1 aliphatic heterocycles. The minimum absolute atomic E-state index is 0.00999. The Labute approximate surface area is 200 Å². The number of likely N-dealkylation sites (N-methyl/N-ethyl adjacent to an activating group) is 1. The molecular weight excluding hydrogens is 434 g/mol. The molecule has 9 heteroatoms. The number of carbonyl (C=O) groups excluding carboxylic acids is 1. The lowest BCUT2D eigenvalue weighted by Gasteiger charge is -2.32. The summed E-state index contributed by atoms with van der Waals surface area (Å²) in [6.07, 6.45) is 0. The number of methoxy groups -OCH3 is 1. The Balaban J connectivity index is 1.93. The zero-order valence-corrected chi connectivity index (χ0v) is 20.1. The molecule has 2 aromatic rings. The van der Waals surface area contributed by atoms with Gasteiger partial charge in [-0.25, -0.2) is 0 Å². The average Bonchev–Trinajstić information content (AvgIpc) is 2.79. The van der Waals surface area contributed by atoms with Crippen LogP contribution >= 0.6 is 0 Å². The number of amides is 1. The minimum atomic E-state index is -0.260. The number of anilines is 1. The summed E-state index contributed by atoms with van der Waals surface area (Å²) in [5.41, 5.74) is 1.79. The SMILES string of the molecule is COCC(=N)N(C(=N)c1cc(C(C)C)c(O)cc1O)c1ccc(C(=O)N2CCN(C)CC2)cc1. The standard InChI is InChI=1S/C25H33N5O4/c1-16(2)19-13-20(22(32)14-21(19)31)24(27)30(23(26)15-34-4)18-7-5-17(6-8-18)25(33)29-11-9-28(3)10-12-29/h5-8,13-14,16,26-27,31-32H,9-12,15H2,1-4H3. The molecule has 3 rings (SSSR count). The molecule has 1 amide bonds. The van der Waals surface area contributed by atoms with E-state index in [1.807, 2.05) is 25.8 Å². The number of phenols is 2. The fourth-order valence-electron chi connectivity index (χ4n) is 3.93. The lowest BCUT2D eigenvalue weighted by atomic mass is 9.98. The number of ether oxygens (including phenoxy) is 1. The van der Waals surface area contributed by atoms with Gasteiger partial charge in [0.2, 0.25) is 0 Å². The van der Waals surface area contributed by atoms with Gasteiger partial charge in [-0.2, -0.15) is 0 Å². The first-order chi connectivity index (χ1) is 16.1. The van der Waals surface area contributed by atoms with Crippen LogP contribution in [0.3, 0.4) is 0 Å². The van der Waals surface area contributed by atoms with Crippen LogP contribution < -0.4 is 4.90 Å². The second kappa shape index (κ2) is 10.7. The van der Waals surface area contributed by atoms with Crippen molar-refractivity contribution in [3.63, 3.8) is 0 Å². The second-order valence-electron chi connectivity index (χ2n) is 8.79. The number of carbonyl (C=O) groups is 1. The fraction of sp³-hybridized carbons (Fsp3) is 0.400. The molecule has 1 aliphatic rings. The molecule has 0 spiro atoms. The van der Waals surface area contributed by atoms with Crippen LogP contribution in [0.4, 0.5) is 5.69 Å². The van der Waals surface area contributed by atoms with Gasteiger partial charge in [-0.1, -0.05) is 13.8 Å². The molecule has 2 aromatic carbocycles. The van der Waals surface area contributed by atoms with Gasteiger partial charge in [0, 0.05) is 50.6 Å². The second-order valence-corrected chi connectivity index (χ2v) is 8.79. The Morgan fingerprint density at radius 3 is 2.24 bits per heavy atom. The van der Waals surface area contributed by atoms with Gasteiger partial charge >= 0.3 is 0 Å². The van der Waals surface area contributed by atoms with Crippen molar-refractivity contribution in [1.29, 1.82) is 10.8 Å². The highest BCUT2D eigenvalue weighted by molar-refractivity contribution is 6.24. The van der Waals surface area contributed by atoms with Gasteiger partial charge in [-0.3, -0.25) is 20.5 Å². The molecule has 9 nitrogen and oxygen atoms in total. The number of nitrogens with one attached hydrogen (secondary N) is 2. The van der Waals surface area contributed by atoms with Crippen LogP contribution in [0.15, 0.2) is 36.4 Å². The first kappa shape index (κ1) is 25.2. The monoisotopic (exact) mass is 467 g/mol. The van der Waals surface area contributed by atoms with Crippen LogP contribution in [0.5, 0.6) is 11.5 Å². The number of amidine groups is 2. The largest absolute Gasteiger partial charge is 0.508 e. The zero-order valence-electron chi connectivity index (χ0n) is 20.1. The maximum absolute atomic E-state index is 12.9. The quantitative estimate of drug-likeness (QED) is 0.382. The molecular formula is C25H33N5O4. The molecule has 0 atom stereocenters. The van der Waals surface area contributed by atoms with Gasteiger partial charge < -0.3 is 24.7 Å². The Kier molecular flexibility index (Phi) is 7.90. The maximum atomic E-state index is 12.9. The highest BCUT2D eigenvalue weighted by Crippen LogP contribution is 2.33. The predicted molar refractivity (Wildman–Crippen MR) is 133 cm³/mol. The van der Waals surface area contributed by atoms with Crippen LogP contribution in [0.2, 0.25) is 0 Å². The Bertz CT molecular complexity index is 1060. The fourth-order valence-corrected chi connectivity index (χ4v) is 3.93. The average molecular weight is 468 g/mol. The van der Waals surface area contributed by atoms with Crippen molar-refractivity contribution < 1.29 is 19.7 Å². The third kappa shape index (κ3) is 5.37. The first-order valence-corrected chi connectivity index (χ1v) is 11.2. The van der Waals surface area contributed by atoms with Crippen molar-refractivity contribution in [2.24, 2.45) is 0 Å². The molecule has 0 radical (unpaired) electrons. The maximum Gasteiger partial charge on any atom is 0.253 e. The summed E-state index contributed by atoms with van der Waals surface area (Å²) in [7, 11) is 3.49. The van der Waals surface area contributed by atoms with Crippen molar-refractivity contribution in [1.82, 2.24) is 9.80 Å². The normalized spacial score (nSPS) is 14.3. The number of hydrogen-bond acceptors (Lipinski definition) is 7. The third-order valence-corrected chi connectivity index (χ3v) is 5.96. The number of piperazine rings is 1. The van der Waals surface area contributed by atoms with E-state index in [1.165, 1.54) is 18.1 Å². The van der Waals surface area contributed by atoms with Crippen LogP contribution in [-0.4, -0.2) is 84.5 Å². The van der Waals surface area contributed by atoms with E-state index in [0.717, 1.165) is 13.1 Å². The molecule has 1 heterocycles. The lowest BCUT2D eigenvalue weighted by Crippen LogP contribution is -2.47. The topological polar surface area (TPSA) is 124 Å². The summed E-state index contributed by atoms with van der Waals surface area (Å²) >= 11 is 0. The molecule has 0 aromatic heterocycles. The van der Waals surface area contributed by atoms with Crippen LogP contribution in [0.25, 0.3) is 0 Å². The van der Waals surface area contributed by atoms with Crippen LogP contribution in [0.1, 0.15) is 41.3 Å². The number of aromatic hydroxyl groups is 2. The Morgan fingerprint density at radius 1 is 1.06 bits per heavy atom. The van der Waals surface area contributed by atoms with E-state index in [-0.39, 0.29) is 47.2 Å². The highest BCUT2D eigenvalue weighted by atomic mass is 16.5. The van der Waals surface area contributed by atoms with E-state index < -0.39 is 0 Å². The molecule has 1 saturated heterocycles. The van der Waals surface area contributed by atoms with Crippen molar-refractivity contribution >= 4 is 23.3 Å². The minimum Gasteiger partial charge on any atom is -0.508 e. The summed E-state index contributed by atoms with van der Waals surface area (Å²) in [5.74, 6) is -0.535. The third-order valence-electron chi connectivity index (χ3n) is 5.96. The Morgan fingerprint density at radius 2 is 1.68 bits per heavy atom. The molecule has 0 bridgehead atoms. The van der Waals surface area contributed by atoms with Gasteiger partial charge in [0.05, 0.1) is 5.56 Å². The number of phenolic OH excluding ortho intramolecular Hbond substituents is 2. The van der Waals surface area contributed by atoms with E-state index in [0.29, 0.717) is 29.9 Å². The zero-order chi connectivity index (χ0) is 25.0. The number of rotatable bonds is 6. The summed E-state index contributed by atoms with van der Waals surface area (Å²) in [5, 5.41) is 37.9. The van der Waals surface area contributed by atoms with Gasteiger partial charge in [0.25, 0.3) is 5.91 Å². The number of benzene rings is 2. The summed E-state index contributed by atoms with van der Waals surface area (Å²) in [4.78, 5) is 18.2. The van der Waals surface area contributed by atoms with E-state index in [1.54, 1.807) is 30.3 Å². The first-order valence-electron chi connectivity index (χ1n) is 11.2. The van der Waals surface area contributed by atoms with Gasteiger partial charge in [-0.05, 0) is 48.9 Å². The molecule has 182 valence electrons. The lowest BCUT2D eigenvalue weighted by molar-refractivity contribution is 0.0664. The number of hydrogen-bond donors (Lipinski definition) is 4. The van der Waals surface area contributed by atoms with E-state index >= 15 is 0 Å². The molecule has 4 N–H and O–H groups in total. The number of nitrogens with zero attached hydrogens (tertiary/aromatic N) is 3. The molecule has 0 aliphatic carbocycles. The van der Waals surface area contributed by atoms with E-state index in [2.05, 4.69) is 4.90 Å². The highest BCUT2D eigenvalue weighted by Gasteiger charge is 2.25. The van der Waals surface area contributed by atoms with E-state index in [4.69, 9.17) is 15.6 Å². The van der Waals surface area contributed by atoms with Gasteiger partial charge in [0.15, 0.2) is 0 Å². The van der Waals surface area contributed by atoms with E-state index in [9.17, 15) is 15.0 Å². The summed E-state index contributed by atoms with van der Waals surface area (Å²) in [6, 6.07) is 9.52. The molecule has 1 fully saturated rings. The predicted octanol–water partition coefficient (Wildman–Crippen LogP) is 3.06. The van der Waals surface area contributed by atoms with Crippen molar-refractivity contribution in [3.8, 4) is 11.5 Å². The molecule has 34 heavy (non-hydrogen) atoms. The van der Waals surface area contributed by atoms with Crippen molar-refractivity contribution in [2.45, 2.75) is 19.8 Å². The van der Waals surface area contributed by atoms with Crippen molar-refractivity contribution in [2.75, 3.05) is 51.8 Å². The molecule has 0 saturated carbocycles. The smallest absolute Gasteiger partial charge is 0.253 e. The van der Waals surface area contributed by atoms with Gasteiger partial charge in [-0.15, -0.1) is 0 Å². The summed E-state index contributed by atoms with van der Waals surface area (Å²) < 4.78 is 5.12. The summed E-state index contributed by atoms with van der Waals surface area (Å²) in [6.45, 7) is 6.76. The molecule has 0 unspecified atom stereocenters.